The number of nitrogens with zero attached hydrogens (tertiary/aromatic N) is 4. The average molecular weight is 414 g/mol. The molecule has 2 aliphatic heterocycles. The maximum atomic E-state index is 11.2. The minimum atomic E-state index is -1.22. The first-order valence-corrected chi connectivity index (χ1v) is 9.83. The van der Waals surface area contributed by atoms with Crippen molar-refractivity contribution in [2.45, 2.75) is 37.6 Å². The molecule has 150 valence electrons. The first kappa shape index (κ1) is 18.3. The van der Waals surface area contributed by atoms with Crippen molar-refractivity contribution in [1.29, 1.82) is 0 Å². The second-order valence-electron chi connectivity index (χ2n) is 7.81. The largest absolute Gasteiger partial charge is 0.494 e. The van der Waals surface area contributed by atoms with Crippen LogP contribution in [0.25, 0.3) is 21.6 Å². The molecule has 1 fully saturated rings. The van der Waals surface area contributed by atoms with Gasteiger partial charge in [-0.1, -0.05) is 13.0 Å². The van der Waals surface area contributed by atoms with E-state index < -0.39 is 23.2 Å². The summed E-state index contributed by atoms with van der Waals surface area (Å²) >= 11 is 0.937. The fourth-order valence-corrected chi connectivity index (χ4v) is 5.36. The summed E-state index contributed by atoms with van der Waals surface area (Å²) in [6, 6.07) is 3.15. The molecule has 3 unspecified atom stereocenters. The molecular weight excluding hydrogens is 396 g/mol. The van der Waals surface area contributed by atoms with E-state index >= 15 is 0 Å². The number of ether oxygens (including phenoxy) is 1. The van der Waals surface area contributed by atoms with Gasteiger partial charge in [-0.15, -0.1) is 0 Å². The third-order valence-corrected chi connectivity index (χ3v) is 6.90. The van der Waals surface area contributed by atoms with Gasteiger partial charge in [-0.3, -0.25) is 0 Å². The van der Waals surface area contributed by atoms with Gasteiger partial charge in [-0.05, 0) is 13.0 Å². The molecule has 1 aromatic carbocycles. The van der Waals surface area contributed by atoms with Crippen LogP contribution in [-0.4, -0.2) is 46.5 Å². The zero-order chi connectivity index (χ0) is 20.7. The van der Waals surface area contributed by atoms with Crippen molar-refractivity contribution in [2.24, 2.45) is 5.92 Å². The maximum Gasteiger partial charge on any atom is 0.215 e. The van der Waals surface area contributed by atoms with E-state index in [2.05, 4.69) is 13.6 Å². The van der Waals surface area contributed by atoms with E-state index in [0.29, 0.717) is 33.5 Å². The van der Waals surface area contributed by atoms with Crippen LogP contribution in [0.3, 0.4) is 0 Å². The topological polar surface area (TPSA) is 125 Å². The van der Waals surface area contributed by atoms with Gasteiger partial charge in [0.05, 0.1) is 41.2 Å². The van der Waals surface area contributed by atoms with Gasteiger partial charge in [0.2, 0.25) is 17.4 Å². The van der Waals surface area contributed by atoms with Crippen molar-refractivity contribution >= 4 is 28.4 Å². The minimum absolute atomic E-state index is 0.194. The first-order chi connectivity index (χ1) is 13.8. The summed E-state index contributed by atoms with van der Waals surface area (Å²) < 4.78 is 15.8. The molecule has 2 aromatic heterocycles. The van der Waals surface area contributed by atoms with Crippen molar-refractivity contribution in [3.8, 4) is 17.4 Å². The highest BCUT2D eigenvalue weighted by Crippen LogP contribution is 2.66. The molecule has 2 bridgehead atoms. The Kier molecular flexibility index (Phi) is 3.58. The first-order valence-electron chi connectivity index (χ1n) is 9.10. The van der Waals surface area contributed by atoms with E-state index in [0.717, 1.165) is 11.7 Å². The smallest absolute Gasteiger partial charge is 0.215 e. The van der Waals surface area contributed by atoms with Crippen molar-refractivity contribution < 1.29 is 25.2 Å². The molecule has 4 heterocycles. The maximum absolute atomic E-state index is 11.2. The molecule has 1 saturated heterocycles. The normalized spacial score (nSPS) is 28.6. The molecule has 0 amide bonds. The lowest BCUT2D eigenvalue weighted by atomic mass is 9.72. The molecule has 0 saturated carbocycles. The SMILES string of the molecule is [C-]#[N+]c1ccc(-n2c(O)c3c(c2O)C2(C)OC3(C(C)CO)C[C@H]2O)c2nsnc12. The Morgan fingerprint density at radius 3 is 2.69 bits per heavy atom. The highest BCUT2D eigenvalue weighted by molar-refractivity contribution is 7.00. The Hall–Kier alpha value is -2.71. The summed E-state index contributed by atoms with van der Waals surface area (Å²) in [5.41, 5.74) is -0.204. The molecule has 29 heavy (non-hydrogen) atoms. The van der Waals surface area contributed by atoms with Gasteiger partial charge in [0, 0.05) is 18.9 Å². The van der Waals surface area contributed by atoms with Crippen LogP contribution in [-0.2, 0) is 15.9 Å². The van der Waals surface area contributed by atoms with Crippen molar-refractivity contribution in [3.63, 3.8) is 0 Å². The quantitative estimate of drug-likeness (QED) is 0.485. The second kappa shape index (κ2) is 5.67. The molecule has 9 nitrogen and oxygen atoms in total. The Morgan fingerprint density at radius 2 is 2.00 bits per heavy atom. The number of hydrogen-bond acceptors (Lipinski definition) is 8. The third kappa shape index (κ3) is 1.98. The molecule has 0 aliphatic carbocycles. The number of hydrogen-bond donors (Lipinski definition) is 4. The zero-order valence-electron chi connectivity index (χ0n) is 15.6. The Morgan fingerprint density at radius 1 is 1.31 bits per heavy atom. The van der Waals surface area contributed by atoms with Gasteiger partial charge < -0.3 is 25.2 Å². The van der Waals surface area contributed by atoms with Gasteiger partial charge in [-0.25, -0.2) is 9.41 Å². The average Bonchev–Trinajstić information content (AvgIpc) is 3.41. The summed E-state index contributed by atoms with van der Waals surface area (Å²) in [4.78, 5) is 3.44. The van der Waals surface area contributed by atoms with Gasteiger partial charge in [0.25, 0.3) is 0 Å². The van der Waals surface area contributed by atoms with Gasteiger partial charge in [0.15, 0.2) is 0 Å². The molecule has 2 aliphatic rings. The monoisotopic (exact) mass is 414 g/mol. The number of fused-ring (bicyclic) bond motifs is 6. The van der Waals surface area contributed by atoms with Crippen LogP contribution in [0, 0.1) is 12.5 Å². The van der Waals surface area contributed by atoms with Crippen molar-refractivity contribution in [3.05, 3.63) is 34.7 Å². The standard InChI is InChI=1S/C19H18N4O5S/c1-8(7-24)19-6-11(25)18(2,28-19)12-13(19)17(27)23(16(12)26)10-5-4-9(20-3)14-15(10)22-29-21-14/h4-5,8,11,24-27H,6-7H2,1-2H3/t8?,11-,18?,19?/m1/s1. The molecule has 0 radical (unpaired) electrons. The van der Waals surface area contributed by atoms with E-state index in [1.165, 1.54) is 4.57 Å². The number of aromatic hydroxyl groups is 2. The fourth-order valence-electron chi connectivity index (χ4n) is 4.79. The molecular formula is C19H18N4O5S. The summed E-state index contributed by atoms with van der Waals surface area (Å²) in [5.74, 6) is -0.930. The summed E-state index contributed by atoms with van der Waals surface area (Å²) in [6.07, 6.45) is -0.713. The highest BCUT2D eigenvalue weighted by atomic mass is 32.1. The lowest BCUT2D eigenvalue weighted by Crippen LogP contribution is -2.36. The predicted molar refractivity (Wildman–Crippen MR) is 103 cm³/mol. The predicted octanol–water partition coefficient (Wildman–Crippen LogP) is 2.28. The number of rotatable bonds is 3. The fraction of sp³-hybridized carbons (Fsp3) is 0.421. The summed E-state index contributed by atoms with van der Waals surface area (Å²) in [6.45, 7) is 10.5. The summed E-state index contributed by atoms with van der Waals surface area (Å²) in [5, 5.41) is 42.8. The van der Waals surface area contributed by atoms with E-state index in [4.69, 9.17) is 11.3 Å². The van der Waals surface area contributed by atoms with E-state index in [-0.39, 0.29) is 24.8 Å². The zero-order valence-corrected chi connectivity index (χ0v) is 16.4. The van der Waals surface area contributed by atoms with Crippen LogP contribution in [0.5, 0.6) is 11.8 Å². The molecule has 4 atom stereocenters. The van der Waals surface area contributed by atoms with Crippen LogP contribution < -0.4 is 0 Å². The molecule has 10 heteroatoms. The third-order valence-electron chi connectivity index (χ3n) is 6.37. The van der Waals surface area contributed by atoms with E-state index in [1.54, 1.807) is 26.0 Å². The molecule has 4 N–H and O–H groups in total. The van der Waals surface area contributed by atoms with Crippen LogP contribution in [0.4, 0.5) is 5.69 Å². The Bertz CT molecular complexity index is 1210. The summed E-state index contributed by atoms with van der Waals surface area (Å²) in [7, 11) is 0. The van der Waals surface area contributed by atoms with E-state index in [9.17, 15) is 20.4 Å². The van der Waals surface area contributed by atoms with Crippen molar-refractivity contribution in [2.75, 3.05) is 6.61 Å². The molecule has 5 rings (SSSR count). The van der Waals surface area contributed by atoms with Crippen molar-refractivity contribution in [1.82, 2.24) is 13.3 Å². The van der Waals surface area contributed by atoms with E-state index in [1.807, 2.05) is 0 Å². The van der Waals surface area contributed by atoms with Crippen LogP contribution >= 0.6 is 11.7 Å². The number of benzene rings is 1. The highest BCUT2D eigenvalue weighted by Gasteiger charge is 2.67. The van der Waals surface area contributed by atoms with Crippen LogP contribution in [0.1, 0.15) is 31.4 Å². The number of aliphatic hydroxyl groups excluding tert-OH is 2. The van der Waals surface area contributed by atoms with Gasteiger partial charge in [0.1, 0.15) is 22.2 Å². The van der Waals surface area contributed by atoms with Gasteiger partial charge >= 0.3 is 0 Å². The second-order valence-corrected chi connectivity index (χ2v) is 8.34. The number of aromatic nitrogens is 3. The lowest BCUT2D eigenvalue weighted by molar-refractivity contribution is -0.129. The number of aliphatic hydroxyl groups is 2. The van der Waals surface area contributed by atoms with Crippen LogP contribution in [0.15, 0.2) is 12.1 Å². The van der Waals surface area contributed by atoms with Crippen LogP contribution in [0.2, 0.25) is 0 Å². The Labute approximate surface area is 169 Å². The Balaban J connectivity index is 1.83. The molecule has 0 spiro atoms. The van der Waals surface area contributed by atoms with Gasteiger partial charge in [-0.2, -0.15) is 8.75 Å². The minimum Gasteiger partial charge on any atom is -0.494 e. The molecule has 3 aromatic rings. The lowest BCUT2D eigenvalue weighted by Gasteiger charge is -2.31.